The predicted molar refractivity (Wildman–Crippen MR) is 71.7 cm³/mol. The monoisotopic (exact) mass is 310 g/mol. The van der Waals surface area contributed by atoms with Crippen molar-refractivity contribution in [2.24, 2.45) is 0 Å². The first kappa shape index (κ1) is 15.3. The summed E-state index contributed by atoms with van der Waals surface area (Å²) in [5.41, 5.74) is 0.0792. The van der Waals surface area contributed by atoms with Crippen LogP contribution in [-0.2, 0) is 9.84 Å². The van der Waals surface area contributed by atoms with Crippen molar-refractivity contribution in [3.63, 3.8) is 0 Å². The zero-order valence-electron chi connectivity index (χ0n) is 9.87. The van der Waals surface area contributed by atoms with E-state index in [2.05, 4.69) is 0 Å². The second-order valence-corrected chi connectivity index (χ2v) is 6.64. The van der Waals surface area contributed by atoms with Crippen LogP contribution < -0.4 is 4.74 Å². The molecular formula is C11H12Cl2O4S. The van der Waals surface area contributed by atoms with E-state index in [4.69, 9.17) is 27.9 Å². The van der Waals surface area contributed by atoms with Gasteiger partial charge in [0.15, 0.2) is 15.6 Å². The van der Waals surface area contributed by atoms with Crippen LogP contribution >= 0.6 is 23.2 Å². The zero-order valence-corrected chi connectivity index (χ0v) is 12.2. The van der Waals surface area contributed by atoms with Crippen molar-refractivity contribution in [2.75, 3.05) is 18.6 Å². The molecule has 0 aliphatic heterocycles. The first-order chi connectivity index (χ1) is 8.24. The van der Waals surface area contributed by atoms with Gasteiger partial charge in [-0.3, -0.25) is 4.79 Å². The summed E-state index contributed by atoms with van der Waals surface area (Å²) < 4.78 is 27.3. The SMILES string of the molecule is CCOc1cc(Cl)c(C(=O)CS(C)(=O)=O)cc1Cl. The van der Waals surface area contributed by atoms with Crippen LogP contribution in [0.4, 0.5) is 0 Å². The van der Waals surface area contributed by atoms with Gasteiger partial charge in [0.1, 0.15) is 11.5 Å². The van der Waals surface area contributed by atoms with Crippen LogP contribution in [0.5, 0.6) is 5.75 Å². The van der Waals surface area contributed by atoms with Crippen LogP contribution in [0.1, 0.15) is 17.3 Å². The normalized spacial score (nSPS) is 11.3. The largest absolute Gasteiger partial charge is 0.492 e. The van der Waals surface area contributed by atoms with E-state index in [1.165, 1.54) is 12.1 Å². The summed E-state index contributed by atoms with van der Waals surface area (Å²) in [5, 5.41) is 0.342. The summed E-state index contributed by atoms with van der Waals surface area (Å²) in [7, 11) is -3.40. The van der Waals surface area contributed by atoms with Gasteiger partial charge in [-0.05, 0) is 13.0 Å². The molecule has 0 fully saturated rings. The molecule has 1 rings (SSSR count). The van der Waals surface area contributed by atoms with Crippen LogP contribution in [-0.4, -0.2) is 32.8 Å². The molecule has 100 valence electrons. The third kappa shape index (κ3) is 4.15. The van der Waals surface area contributed by atoms with E-state index >= 15 is 0 Å². The first-order valence-electron chi connectivity index (χ1n) is 5.07. The minimum atomic E-state index is -3.40. The lowest BCUT2D eigenvalue weighted by Gasteiger charge is -2.09. The van der Waals surface area contributed by atoms with Gasteiger partial charge < -0.3 is 4.74 Å². The van der Waals surface area contributed by atoms with Crippen LogP contribution in [0, 0.1) is 0 Å². The molecule has 1 aromatic carbocycles. The second kappa shape index (κ2) is 5.91. The molecule has 1 aromatic rings. The van der Waals surface area contributed by atoms with Crippen LogP contribution in [0.2, 0.25) is 10.0 Å². The van der Waals surface area contributed by atoms with Gasteiger partial charge in [0, 0.05) is 17.9 Å². The molecule has 7 heteroatoms. The molecule has 0 saturated carbocycles. The minimum Gasteiger partial charge on any atom is -0.492 e. The molecule has 0 aromatic heterocycles. The van der Waals surface area contributed by atoms with Crippen molar-refractivity contribution >= 4 is 38.8 Å². The van der Waals surface area contributed by atoms with Gasteiger partial charge in [0.25, 0.3) is 0 Å². The number of ketones is 1. The van der Waals surface area contributed by atoms with Gasteiger partial charge in [-0.15, -0.1) is 0 Å². The molecule has 0 heterocycles. The number of sulfone groups is 1. The van der Waals surface area contributed by atoms with E-state index < -0.39 is 21.4 Å². The number of ether oxygens (including phenoxy) is 1. The Kier molecular flexibility index (Phi) is 5.01. The van der Waals surface area contributed by atoms with Crippen molar-refractivity contribution in [2.45, 2.75) is 6.92 Å². The van der Waals surface area contributed by atoms with Crippen LogP contribution in [0.25, 0.3) is 0 Å². The van der Waals surface area contributed by atoms with E-state index in [0.29, 0.717) is 12.4 Å². The molecule has 0 radical (unpaired) electrons. The van der Waals surface area contributed by atoms with E-state index in [0.717, 1.165) is 6.26 Å². The third-order valence-corrected chi connectivity index (χ3v) is 3.41. The number of hydrogen-bond acceptors (Lipinski definition) is 4. The molecule has 0 spiro atoms. The number of Topliss-reactive ketones (excluding diaryl/α,β-unsaturated/α-hetero) is 1. The molecular weight excluding hydrogens is 299 g/mol. The summed E-state index contributed by atoms with van der Waals surface area (Å²) in [4.78, 5) is 11.7. The van der Waals surface area contributed by atoms with Crippen molar-refractivity contribution < 1.29 is 17.9 Å². The first-order valence-corrected chi connectivity index (χ1v) is 7.89. The number of rotatable bonds is 5. The molecule has 18 heavy (non-hydrogen) atoms. The molecule has 0 atom stereocenters. The Morgan fingerprint density at radius 3 is 2.39 bits per heavy atom. The molecule has 0 amide bonds. The fourth-order valence-electron chi connectivity index (χ4n) is 1.32. The maximum atomic E-state index is 11.7. The number of hydrogen-bond donors (Lipinski definition) is 0. The van der Waals surface area contributed by atoms with Crippen molar-refractivity contribution in [3.05, 3.63) is 27.7 Å². The van der Waals surface area contributed by atoms with Crippen LogP contribution in [0.3, 0.4) is 0 Å². The van der Waals surface area contributed by atoms with E-state index in [1.54, 1.807) is 6.92 Å². The Morgan fingerprint density at radius 2 is 1.89 bits per heavy atom. The Labute approximate surface area is 116 Å². The van der Waals surface area contributed by atoms with E-state index in [-0.39, 0.29) is 15.6 Å². The Hall–Kier alpha value is -0.780. The predicted octanol–water partition coefficient (Wildman–Crippen LogP) is 2.62. The molecule has 0 aliphatic carbocycles. The highest BCUT2D eigenvalue weighted by Gasteiger charge is 2.18. The third-order valence-electron chi connectivity index (χ3n) is 2.02. The number of benzene rings is 1. The zero-order chi connectivity index (χ0) is 13.9. The Morgan fingerprint density at radius 1 is 1.28 bits per heavy atom. The average molecular weight is 311 g/mol. The van der Waals surface area contributed by atoms with Crippen molar-refractivity contribution in [1.82, 2.24) is 0 Å². The molecule has 0 aliphatic rings. The molecule has 0 unspecified atom stereocenters. The summed E-state index contributed by atoms with van der Waals surface area (Å²) >= 11 is 11.8. The number of carbonyl (C=O) groups is 1. The summed E-state index contributed by atoms with van der Waals surface area (Å²) in [6.07, 6.45) is 0.981. The van der Waals surface area contributed by atoms with Gasteiger partial charge in [-0.1, -0.05) is 23.2 Å². The number of halogens is 2. The molecule has 0 N–H and O–H groups in total. The van der Waals surface area contributed by atoms with Crippen molar-refractivity contribution in [1.29, 1.82) is 0 Å². The molecule has 0 saturated heterocycles. The second-order valence-electron chi connectivity index (χ2n) is 3.69. The fraction of sp³-hybridized carbons (Fsp3) is 0.364. The minimum absolute atomic E-state index is 0.0792. The van der Waals surface area contributed by atoms with E-state index in [9.17, 15) is 13.2 Å². The lowest BCUT2D eigenvalue weighted by molar-refractivity contribution is 0.102. The Bertz CT molecular complexity index is 567. The standard InChI is InChI=1S/C11H12Cl2O4S/c1-3-17-11-5-8(12)7(4-9(11)13)10(14)6-18(2,15)16/h4-5H,3,6H2,1-2H3. The maximum absolute atomic E-state index is 11.7. The van der Waals surface area contributed by atoms with Gasteiger partial charge in [0.2, 0.25) is 0 Å². The maximum Gasteiger partial charge on any atom is 0.179 e. The summed E-state index contributed by atoms with van der Waals surface area (Å²) in [5.74, 6) is -0.829. The van der Waals surface area contributed by atoms with Gasteiger partial charge in [-0.2, -0.15) is 0 Å². The van der Waals surface area contributed by atoms with Crippen LogP contribution in [0.15, 0.2) is 12.1 Å². The molecule has 0 bridgehead atoms. The highest BCUT2D eigenvalue weighted by Crippen LogP contribution is 2.31. The topological polar surface area (TPSA) is 60.4 Å². The van der Waals surface area contributed by atoms with E-state index in [1.807, 2.05) is 0 Å². The summed E-state index contributed by atoms with van der Waals surface area (Å²) in [6.45, 7) is 2.19. The lowest BCUT2D eigenvalue weighted by atomic mass is 10.1. The quantitative estimate of drug-likeness (QED) is 0.784. The Balaban J connectivity index is 3.12. The van der Waals surface area contributed by atoms with Gasteiger partial charge in [-0.25, -0.2) is 8.42 Å². The number of carbonyl (C=O) groups excluding carboxylic acids is 1. The van der Waals surface area contributed by atoms with Gasteiger partial charge >= 0.3 is 0 Å². The summed E-state index contributed by atoms with van der Waals surface area (Å²) in [6, 6.07) is 2.73. The average Bonchev–Trinajstić information content (AvgIpc) is 2.20. The molecule has 4 nitrogen and oxygen atoms in total. The highest BCUT2D eigenvalue weighted by atomic mass is 35.5. The lowest BCUT2D eigenvalue weighted by Crippen LogP contribution is -2.15. The highest BCUT2D eigenvalue weighted by molar-refractivity contribution is 7.91. The fourth-order valence-corrected chi connectivity index (χ4v) is 2.43. The van der Waals surface area contributed by atoms with Crippen molar-refractivity contribution in [3.8, 4) is 5.75 Å². The smallest absolute Gasteiger partial charge is 0.179 e. The van der Waals surface area contributed by atoms with Gasteiger partial charge in [0.05, 0.1) is 16.7 Å².